The summed E-state index contributed by atoms with van der Waals surface area (Å²) in [5.74, 6) is 1.85. The number of hydrogen-bond donors (Lipinski definition) is 1. The fourth-order valence-electron chi connectivity index (χ4n) is 4.21. The minimum atomic E-state index is 0.345. The first-order valence-electron chi connectivity index (χ1n) is 9.37. The molecule has 2 aliphatic rings. The van der Waals surface area contributed by atoms with Gasteiger partial charge in [-0.05, 0) is 64.7 Å². The minimum Gasteiger partial charge on any atom is -0.311 e. The predicted molar refractivity (Wildman–Crippen MR) is 92.7 cm³/mol. The highest BCUT2D eigenvalue weighted by Crippen LogP contribution is 2.29. The first-order valence-corrected chi connectivity index (χ1v) is 9.37. The Balaban J connectivity index is 1.74. The normalized spacial score (nSPS) is 30.6. The molecule has 0 radical (unpaired) electrons. The van der Waals surface area contributed by atoms with Crippen LogP contribution in [0.5, 0.6) is 0 Å². The van der Waals surface area contributed by atoms with E-state index < -0.39 is 0 Å². The van der Waals surface area contributed by atoms with E-state index >= 15 is 0 Å². The molecule has 2 atom stereocenters. The average Bonchev–Trinajstić information content (AvgIpc) is 2.64. The molecule has 0 aromatic heterocycles. The highest BCUT2D eigenvalue weighted by Gasteiger charge is 2.28. The van der Waals surface area contributed by atoms with E-state index in [1.807, 2.05) is 0 Å². The zero-order chi connectivity index (χ0) is 15.5. The maximum Gasteiger partial charge on any atom is 0.0125 e. The summed E-state index contributed by atoms with van der Waals surface area (Å²) < 4.78 is 0. The van der Waals surface area contributed by atoms with E-state index in [0.29, 0.717) is 5.54 Å². The van der Waals surface area contributed by atoms with Crippen molar-refractivity contribution in [2.75, 3.05) is 13.1 Å². The largest absolute Gasteiger partial charge is 0.311 e. The molecule has 124 valence electrons. The van der Waals surface area contributed by atoms with Gasteiger partial charge in [0.25, 0.3) is 0 Å². The molecule has 2 nitrogen and oxygen atoms in total. The van der Waals surface area contributed by atoms with Gasteiger partial charge in [0, 0.05) is 30.7 Å². The SMILES string of the molecule is CC(C)C1CCCC(NC2CCN(C(C)(C)C)CC2)CC1. The fraction of sp³-hybridized carbons (Fsp3) is 1.00. The molecule has 0 aromatic rings. The summed E-state index contributed by atoms with van der Waals surface area (Å²) in [6.07, 6.45) is 9.81. The van der Waals surface area contributed by atoms with Crippen LogP contribution in [0, 0.1) is 11.8 Å². The van der Waals surface area contributed by atoms with Crippen LogP contribution >= 0.6 is 0 Å². The van der Waals surface area contributed by atoms with Gasteiger partial charge in [-0.2, -0.15) is 0 Å². The van der Waals surface area contributed by atoms with Gasteiger partial charge in [-0.25, -0.2) is 0 Å². The molecule has 1 aliphatic carbocycles. The number of nitrogens with zero attached hydrogens (tertiary/aromatic N) is 1. The molecule has 1 N–H and O–H groups in total. The fourth-order valence-corrected chi connectivity index (χ4v) is 4.21. The van der Waals surface area contributed by atoms with Crippen molar-refractivity contribution < 1.29 is 0 Å². The summed E-state index contributed by atoms with van der Waals surface area (Å²) in [5.41, 5.74) is 0.345. The Hall–Kier alpha value is -0.0800. The van der Waals surface area contributed by atoms with Crippen LogP contribution in [0.2, 0.25) is 0 Å². The van der Waals surface area contributed by atoms with Crippen LogP contribution in [-0.2, 0) is 0 Å². The molecule has 2 rings (SSSR count). The predicted octanol–water partition coefficient (Wildman–Crippen LogP) is 4.44. The van der Waals surface area contributed by atoms with Crippen LogP contribution in [0.15, 0.2) is 0 Å². The van der Waals surface area contributed by atoms with Gasteiger partial charge in [0.1, 0.15) is 0 Å². The Bertz CT molecular complexity index is 297. The Labute approximate surface area is 133 Å². The zero-order valence-corrected chi connectivity index (χ0v) is 15.1. The lowest BCUT2D eigenvalue weighted by atomic mass is 9.89. The molecular formula is C19H38N2. The second kappa shape index (κ2) is 7.46. The van der Waals surface area contributed by atoms with E-state index in [2.05, 4.69) is 44.8 Å². The molecule has 0 spiro atoms. The van der Waals surface area contributed by atoms with Crippen LogP contribution in [0.4, 0.5) is 0 Å². The smallest absolute Gasteiger partial charge is 0.0125 e. The standard InChI is InChI=1S/C19H38N2/c1-15(2)16-7-6-8-17(10-9-16)20-18-11-13-21(14-12-18)19(3,4)5/h15-18,20H,6-14H2,1-5H3. The quantitative estimate of drug-likeness (QED) is 0.774. The number of hydrogen-bond acceptors (Lipinski definition) is 2. The lowest BCUT2D eigenvalue weighted by molar-refractivity contribution is 0.0931. The van der Waals surface area contributed by atoms with Crippen molar-refractivity contribution >= 4 is 0 Å². The van der Waals surface area contributed by atoms with Gasteiger partial charge in [-0.1, -0.05) is 26.7 Å². The topological polar surface area (TPSA) is 15.3 Å². The van der Waals surface area contributed by atoms with Gasteiger partial charge in [0.05, 0.1) is 0 Å². The van der Waals surface area contributed by atoms with Crippen LogP contribution in [0.3, 0.4) is 0 Å². The Morgan fingerprint density at radius 3 is 2.05 bits per heavy atom. The van der Waals surface area contributed by atoms with E-state index in [0.717, 1.165) is 23.9 Å². The second-order valence-electron chi connectivity index (χ2n) is 8.81. The lowest BCUT2D eigenvalue weighted by Gasteiger charge is -2.41. The van der Waals surface area contributed by atoms with Crippen molar-refractivity contribution in [2.24, 2.45) is 11.8 Å². The van der Waals surface area contributed by atoms with Gasteiger partial charge < -0.3 is 5.32 Å². The molecule has 2 fully saturated rings. The third-order valence-corrected chi connectivity index (χ3v) is 5.87. The summed E-state index contributed by atoms with van der Waals surface area (Å²) in [7, 11) is 0. The Kier molecular flexibility index (Phi) is 6.14. The Morgan fingerprint density at radius 1 is 0.857 bits per heavy atom. The highest BCUT2D eigenvalue weighted by molar-refractivity contribution is 4.87. The molecule has 2 heteroatoms. The molecule has 0 bridgehead atoms. The lowest BCUT2D eigenvalue weighted by Crippen LogP contribution is -2.51. The van der Waals surface area contributed by atoms with E-state index in [1.165, 1.54) is 58.0 Å². The molecule has 0 aromatic carbocycles. The van der Waals surface area contributed by atoms with Crippen LogP contribution in [-0.4, -0.2) is 35.6 Å². The number of nitrogens with one attached hydrogen (secondary N) is 1. The molecule has 21 heavy (non-hydrogen) atoms. The van der Waals surface area contributed by atoms with Crippen molar-refractivity contribution in [2.45, 2.75) is 97.2 Å². The van der Waals surface area contributed by atoms with Gasteiger partial charge in [-0.3, -0.25) is 4.90 Å². The molecule has 1 saturated carbocycles. The third-order valence-electron chi connectivity index (χ3n) is 5.87. The molecule has 1 aliphatic heterocycles. The van der Waals surface area contributed by atoms with Crippen molar-refractivity contribution in [3.8, 4) is 0 Å². The molecule has 2 unspecified atom stereocenters. The average molecular weight is 295 g/mol. The van der Waals surface area contributed by atoms with Crippen molar-refractivity contribution in [1.29, 1.82) is 0 Å². The maximum absolute atomic E-state index is 4.00. The van der Waals surface area contributed by atoms with Gasteiger partial charge in [-0.15, -0.1) is 0 Å². The summed E-state index contributed by atoms with van der Waals surface area (Å²) in [5, 5.41) is 4.00. The third kappa shape index (κ3) is 5.25. The first kappa shape index (κ1) is 17.3. The first-order chi connectivity index (χ1) is 9.86. The van der Waals surface area contributed by atoms with Gasteiger partial charge in [0.15, 0.2) is 0 Å². The highest BCUT2D eigenvalue weighted by atomic mass is 15.2. The monoisotopic (exact) mass is 294 g/mol. The molecular weight excluding hydrogens is 256 g/mol. The van der Waals surface area contributed by atoms with Crippen molar-refractivity contribution in [3.63, 3.8) is 0 Å². The van der Waals surface area contributed by atoms with Crippen molar-refractivity contribution in [1.82, 2.24) is 10.2 Å². The van der Waals surface area contributed by atoms with E-state index in [4.69, 9.17) is 0 Å². The summed E-state index contributed by atoms with van der Waals surface area (Å²) in [4.78, 5) is 2.65. The van der Waals surface area contributed by atoms with E-state index in [1.54, 1.807) is 0 Å². The number of piperidine rings is 1. The van der Waals surface area contributed by atoms with E-state index in [-0.39, 0.29) is 0 Å². The van der Waals surface area contributed by atoms with Crippen LogP contribution in [0.25, 0.3) is 0 Å². The Morgan fingerprint density at radius 2 is 1.48 bits per heavy atom. The van der Waals surface area contributed by atoms with Crippen LogP contribution < -0.4 is 5.32 Å². The minimum absolute atomic E-state index is 0.345. The van der Waals surface area contributed by atoms with Gasteiger partial charge >= 0.3 is 0 Å². The maximum atomic E-state index is 4.00. The number of rotatable bonds is 3. The van der Waals surface area contributed by atoms with E-state index in [9.17, 15) is 0 Å². The number of likely N-dealkylation sites (tertiary alicyclic amines) is 1. The summed E-state index contributed by atoms with van der Waals surface area (Å²) >= 11 is 0. The second-order valence-corrected chi connectivity index (χ2v) is 8.81. The summed E-state index contributed by atoms with van der Waals surface area (Å²) in [6, 6.07) is 1.56. The van der Waals surface area contributed by atoms with Crippen LogP contribution in [0.1, 0.15) is 79.6 Å². The summed E-state index contributed by atoms with van der Waals surface area (Å²) in [6.45, 7) is 14.4. The molecule has 1 saturated heterocycles. The van der Waals surface area contributed by atoms with Crippen molar-refractivity contribution in [3.05, 3.63) is 0 Å². The van der Waals surface area contributed by atoms with Gasteiger partial charge in [0.2, 0.25) is 0 Å². The zero-order valence-electron chi connectivity index (χ0n) is 15.1. The molecule has 0 amide bonds. The molecule has 1 heterocycles.